The Balaban J connectivity index is 5.75. The summed E-state index contributed by atoms with van der Waals surface area (Å²) in [6.07, 6.45) is -0.805. The molecule has 0 aromatic heterocycles. The molecule has 0 saturated heterocycles. The zero-order valence-electron chi connectivity index (χ0n) is 37.9. The molecule has 26 nitrogen and oxygen atoms in total. The lowest BCUT2D eigenvalue weighted by molar-refractivity contribution is -0.143. The SMILES string of the molecule is CC[C@H](C)[C@H](NC(=O)[C@H](CO)NC(=O)CNC(=O)[C@@H](NC(=O)[C@H](C)NC(=O)[C@H](C)NC(=O)[C@@H](N)CO)C(C)C)C(=O)N[C@@H](CC(C)C)C(=O)N[C@@H](CO)C(=O)N[C@@H](CCC(=O)O)C(=O)O. The van der Waals surface area contributed by atoms with Crippen LogP contribution < -0.4 is 53.6 Å². The smallest absolute Gasteiger partial charge is 0.326 e. The van der Waals surface area contributed by atoms with Crippen LogP contribution in [0.4, 0.5) is 0 Å². The van der Waals surface area contributed by atoms with E-state index < -0.39 is 171 Å². The van der Waals surface area contributed by atoms with E-state index >= 15 is 0 Å². The van der Waals surface area contributed by atoms with E-state index in [1.807, 2.05) is 0 Å². The summed E-state index contributed by atoms with van der Waals surface area (Å²) in [6, 6.07) is -12.6. The van der Waals surface area contributed by atoms with Crippen LogP contribution in [0.1, 0.15) is 81.1 Å². The fourth-order valence-corrected chi connectivity index (χ4v) is 5.59. The molecule has 0 aromatic rings. The number of aliphatic carboxylic acids is 2. The number of nitrogens with two attached hydrogens (primary N) is 1. The third-order valence-corrected chi connectivity index (χ3v) is 9.75. The van der Waals surface area contributed by atoms with Gasteiger partial charge < -0.3 is 79.1 Å². The van der Waals surface area contributed by atoms with Crippen molar-refractivity contribution in [3.05, 3.63) is 0 Å². The van der Waals surface area contributed by atoms with Gasteiger partial charge in [-0.1, -0.05) is 48.0 Å². The number of hydrogen-bond acceptors (Lipinski definition) is 15. The lowest BCUT2D eigenvalue weighted by atomic mass is 9.96. The van der Waals surface area contributed by atoms with Gasteiger partial charge in [0.25, 0.3) is 0 Å². The normalized spacial score (nSPS) is 15.7. The Morgan fingerprint density at radius 1 is 0.508 bits per heavy atom. The van der Waals surface area contributed by atoms with Crippen molar-refractivity contribution in [2.75, 3.05) is 26.4 Å². The molecule has 0 aliphatic carbocycles. The molecule has 10 atom stereocenters. The summed E-state index contributed by atoms with van der Waals surface area (Å²) in [5, 5.41) is 68.1. The number of aliphatic hydroxyl groups excluding tert-OH is 3. The summed E-state index contributed by atoms with van der Waals surface area (Å²) in [5.74, 6) is -12.4. The molecule has 0 heterocycles. The number of carboxylic acids is 2. The number of nitrogens with one attached hydrogen (secondary N) is 9. The maximum Gasteiger partial charge on any atom is 0.326 e. The molecule has 0 aliphatic heterocycles. The molecule has 0 fully saturated rings. The van der Waals surface area contributed by atoms with Crippen molar-refractivity contribution < 1.29 is 78.3 Å². The van der Waals surface area contributed by atoms with Crippen molar-refractivity contribution in [1.82, 2.24) is 47.9 Å². The minimum atomic E-state index is -1.71. The minimum absolute atomic E-state index is 0.0182. The largest absolute Gasteiger partial charge is 0.481 e. The standard InChI is InChI=1S/C39H68N10O16/c1-9-19(6)30(38(63)46-24(12-17(2)3)34(59)47-26(16-52)35(60)45-23(39(64)65)10-11-28(54)55)49-36(61)25(15-51)44-27(53)13-41-37(62)29(18(4)5)48-32(57)21(8)42-31(56)20(7)43-33(58)22(40)14-50/h17-26,29-30,50-52H,9-16,40H2,1-8H3,(H,41,62)(H,42,56)(H,43,58)(H,44,53)(H,45,60)(H,46,63)(H,47,59)(H,48,57)(H,49,61)(H,54,55)(H,64,65)/t19-,20-,21-,22-,23-,24-,25-,26-,29-,30-/m0/s1. The van der Waals surface area contributed by atoms with Gasteiger partial charge in [0.1, 0.15) is 54.4 Å². The third-order valence-electron chi connectivity index (χ3n) is 9.75. The van der Waals surface area contributed by atoms with E-state index in [9.17, 15) is 68.1 Å². The van der Waals surface area contributed by atoms with Crippen molar-refractivity contribution >= 4 is 65.1 Å². The topological polar surface area (TPSA) is 423 Å². The van der Waals surface area contributed by atoms with Gasteiger partial charge in [-0.05, 0) is 44.4 Å². The van der Waals surface area contributed by atoms with Crippen LogP contribution in [-0.2, 0) is 52.7 Å². The predicted molar refractivity (Wildman–Crippen MR) is 227 cm³/mol. The van der Waals surface area contributed by atoms with Crippen molar-refractivity contribution in [1.29, 1.82) is 0 Å². The second-order valence-corrected chi connectivity index (χ2v) is 16.1. The Bertz CT molecular complexity index is 1680. The third kappa shape index (κ3) is 21.5. The molecule has 0 spiro atoms. The highest BCUT2D eigenvalue weighted by molar-refractivity contribution is 5.98. The van der Waals surface area contributed by atoms with E-state index in [0.717, 1.165) is 0 Å². The van der Waals surface area contributed by atoms with E-state index in [1.54, 1.807) is 41.5 Å². The monoisotopic (exact) mass is 932 g/mol. The zero-order chi connectivity index (χ0) is 50.3. The number of carbonyl (C=O) groups excluding carboxylic acids is 9. The Hall–Kier alpha value is -5.99. The lowest BCUT2D eigenvalue weighted by Crippen LogP contribution is -2.61. The van der Waals surface area contributed by atoms with Gasteiger partial charge in [0.05, 0.1) is 26.4 Å². The fraction of sp³-hybridized carbons (Fsp3) is 0.718. The van der Waals surface area contributed by atoms with Crippen molar-refractivity contribution in [2.24, 2.45) is 23.5 Å². The highest BCUT2D eigenvalue weighted by Gasteiger charge is 2.35. The van der Waals surface area contributed by atoms with Crippen LogP contribution in [0.15, 0.2) is 0 Å². The highest BCUT2D eigenvalue weighted by atomic mass is 16.4. The van der Waals surface area contributed by atoms with Gasteiger partial charge in [-0.15, -0.1) is 0 Å². The van der Waals surface area contributed by atoms with Gasteiger partial charge in [0.2, 0.25) is 53.2 Å². The molecule has 65 heavy (non-hydrogen) atoms. The van der Waals surface area contributed by atoms with E-state index in [2.05, 4.69) is 47.9 Å². The molecule has 0 unspecified atom stereocenters. The van der Waals surface area contributed by atoms with Gasteiger partial charge in [-0.25, -0.2) is 4.79 Å². The summed E-state index contributed by atoms with van der Waals surface area (Å²) in [5.41, 5.74) is 5.42. The van der Waals surface area contributed by atoms with Crippen molar-refractivity contribution in [3.8, 4) is 0 Å². The summed E-state index contributed by atoms with van der Waals surface area (Å²) >= 11 is 0. The maximum atomic E-state index is 13.7. The number of aliphatic hydroxyl groups is 3. The number of carboxylic acid groups (broad SMARTS) is 2. The first-order valence-electron chi connectivity index (χ1n) is 21.0. The van der Waals surface area contributed by atoms with Crippen LogP contribution in [0.25, 0.3) is 0 Å². The van der Waals surface area contributed by atoms with Gasteiger partial charge in [-0.2, -0.15) is 0 Å². The predicted octanol–water partition coefficient (Wildman–Crippen LogP) is -5.98. The molecule has 9 amide bonds. The average molecular weight is 933 g/mol. The van der Waals surface area contributed by atoms with Gasteiger partial charge >= 0.3 is 11.9 Å². The summed E-state index contributed by atoms with van der Waals surface area (Å²) in [4.78, 5) is 139. The lowest BCUT2D eigenvalue weighted by Gasteiger charge is -2.29. The van der Waals surface area contributed by atoms with Crippen LogP contribution in [0.2, 0.25) is 0 Å². The molecule has 370 valence electrons. The van der Waals surface area contributed by atoms with Crippen molar-refractivity contribution in [3.63, 3.8) is 0 Å². The molecule has 16 N–H and O–H groups in total. The summed E-state index contributed by atoms with van der Waals surface area (Å²) in [6.45, 7) is 9.14. The molecule has 26 heteroatoms. The molecule has 0 aliphatic rings. The van der Waals surface area contributed by atoms with Gasteiger partial charge in [0.15, 0.2) is 0 Å². The minimum Gasteiger partial charge on any atom is -0.481 e. The fourth-order valence-electron chi connectivity index (χ4n) is 5.59. The number of carbonyl (C=O) groups is 11. The molecule has 0 bridgehead atoms. The first kappa shape index (κ1) is 59.0. The summed E-state index contributed by atoms with van der Waals surface area (Å²) in [7, 11) is 0. The Morgan fingerprint density at radius 3 is 1.45 bits per heavy atom. The molecular formula is C39H68N10O16. The number of rotatable bonds is 30. The van der Waals surface area contributed by atoms with E-state index in [-0.39, 0.29) is 12.3 Å². The summed E-state index contributed by atoms with van der Waals surface area (Å²) < 4.78 is 0. The van der Waals surface area contributed by atoms with E-state index in [0.29, 0.717) is 6.42 Å². The Labute approximate surface area is 376 Å². The number of hydrogen-bond donors (Lipinski definition) is 15. The Kier molecular flexibility index (Phi) is 26.7. The van der Waals surface area contributed by atoms with Crippen LogP contribution in [0, 0.1) is 17.8 Å². The van der Waals surface area contributed by atoms with Crippen LogP contribution in [0.5, 0.6) is 0 Å². The first-order valence-corrected chi connectivity index (χ1v) is 21.0. The van der Waals surface area contributed by atoms with Crippen LogP contribution >= 0.6 is 0 Å². The number of amides is 9. The molecule has 0 rings (SSSR count). The highest BCUT2D eigenvalue weighted by Crippen LogP contribution is 2.12. The molecular weight excluding hydrogens is 864 g/mol. The van der Waals surface area contributed by atoms with Crippen LogP contribution in [-0.4, -0.2) is 171 Å². The first-order chi connectivity index (χ1) is 30.2. The van der Waals surface area contributed by atoms with Gasteiger partial charge in [0, 0.05) is 6.42 Å². The molecule has 0 radical (unpaired) electrons. The van der Waals surface area contributed by atoms with E-state index in [4.69, 9.17) is 15.9 Å². The zero-order valence-corrected chi connectivity index (χ0v) is 37.9. The quantitative estimate of drug-likeness (QED) is 0.0319. The van der Waals surface area contributed by atoms with Crippen molar-refractivity contribution in [2.45, 2.75) is 135 Å². The second kappa shape index (κ2) is 29.5. The van der Waals surface area contributed by atoms with Crippen LogP contribution in [0.3, 0.4) is 0 Å². The average Bonchev–Trinajstić information content (AvgIpc) is 3.24. The second-order valence-electron chi connectivity index (χ2n) is 16.1. The molecule has 0 aromatic carbocycles. The Morgan fingerprint density at radius 2 is 0.969 bits per heavy atom. The van der Waals surface area contributed by atoms with Gasteiger partial charge in [-0.3, -0.25) is 47.9 Å². The molecule has 0 saturated carbocycles. The maximum absolute atomic E-state index is 13.7. The van der Waals surface area contributed by atoms with E-state index in [1.165, 1.54) is 13.8 Å².